The standard InChI is InChI=1S/C5H15NOSi.C4H13NOSi.C4H10O2.C3H11NOSi.C2H6O2.CH4O/c1-2-7-8-5-3-4-6;1-6-7-4-2-3-5;1-3-5-6-4-2;1-5-6(2)3-4;1-3-4-2;1-2/h2-6,8H2,1H3;2-5,7H2,1H3;3-4H2,1-2H3;6H,3-4H2,1-2H3;1-2H3;2H,1H3. The van der Waals surface area contributed by atoms with E-state index in [0.29, 0.717) is 13.2 Å². The van der Waals surface area contributed by atoms with Crippen LogP contribution in [-0.4, -0.2) is 108 Å². The lowest BCUT2D eigenvalue weighted by molar-refractivity contribution is -0.287. The summed E-state index contributed by atoms with van der Waals surface area (Å²) in [4.78, 5) is 17.0. The quantitative estimate of drug-likeness (QED) is 0.0924. The van der Waals surface area contributed by atoms with E-state index < -0.39 is 9.04 Å². The zero-order chi connectivity index (χ0) is 27.0. The minimum atomic E-state index is -0.883. The van der Waals surface area contributed by atoms with E-state index in [2.05, 4.69) is 26.1 Å². The molecule has 1 unspecified atom stereocenters. The molecule has 0 aromatic rings. The number of hydrogen-bond acceptors (Lipinski definition) is 11. The predicted molar refractivity (Wildman–Crippen MR) is 147 cm³/mol. The molecule has 0 radical (unpaired) electrons. The summed E-state index contributed by atoms with van der Waals surface area (Å²) in [7, 11) is 6.16. The summed E-state index contributed by atoms with van der Waals surface area (Å²) in [6, 6.07) is 2.47. The van der Waals surface area contributed by atoms with Gasteiger partial charge in [-0.3, -0.25) is 0 Å². The van der Waals surface area contributed by atoms with Crippen LogP contribution in [-0.2, 0) is 32.8 Å². The maximum absolute atomic E-state index is 7.00. The van der Waals surface area contributed by atoms with Crippen LogP contribution in [0.15, 0.2) is 0 Å². The Hall–Kier alpha value is 0.211. The van der Waals surface area contributed by atoms with Gasteiger partial charge in [-0.1, -0.05) is 0 Å². The van der Waals surface area contributed by atoms with Gasteiger partial charge in [-0.25, -0.2) is 19.6 Å². The van der Waals surface area contributed by atoms with Crippen LogP contribution in [0, 0.1) is 0 Å². The number of hydrogen-bond donors (Lipinski definition) is 4. The smallest absolute Gasteiger partial charge is 0.186 e. The normalized spacial score (nSPS) is 10.5. The number of rotatable bonds is 15. The van der Waals surface area contributed by atoms with Crippen molar-refractivity contribution in [2.45, 2.75) is 52.2 Å². The molecule has 0 rings (SSSR count). The Morgan fingerprint density at radius 2 is 1.15 bits per heavy atom. The Morgan fingerprint density at radius 3 is 1.36 bits per heavy atom. The summed E-state index contributed by atoms with van der Waals surface area (Å²) < 4.78 is 15.1. The Labute approximate surface area is 210 Å². The molecule has 0 fully saturated rings. The molecule has 0 bridgehead atoms. The molecule has 0 amide bonds. The topological polar surface area (TPSA) is 163 Å². The average Bonchev–Trinajstić information content (AvgIpc) is 2.87. The molecule has 0 aromatic heterocycles. The van der Waals surface area contributed by atoms with Gasteiger partial charge in [0.25, 0.3) is 0 Å². The van der Waals surface area contributed by atoms with Gasteiger partial charge in [0.1, 0.15) is 0 Å². The maximum atomic E-state index is 7.00. The summed E-state index contributed by atoms with van der Waals surface area (Å²) in [6.45, 7) is 11.7. The van der Waals surface area contributed by atoms with E-state index in [9.17, 15) is 0 Å². The first-order valence-electron chi connectivity index (χ1n) is 11.4. The van der Waals surface area contributed by atoms with E-state index >= 15 is 0 Å². The van der Waals surface area contributed by atoms with E-state index in [1.54, 1.807) is 14.2 Å². The Bertz CT molecular complexity index is 228. The first kappa shape index (κ1) is 46.5. The van der Waals surface area contributed by atoms with Gasteiger partial charge in [0.15, 0.2) is 28.6 Å². The van der Waals surface area contributed by atoms with E-state index in [4.69, 9.17) is 35.6 Å². The van der Waals surface area contributed by atoms with Gasteiger partial charge in [0, 0.05) is 34.1 Å². The highest BCUT2D eigenvalue weighted by molar-refractivity contribution is 6.50. The van der Waals surface area contributed by atoms with Gasteiger partial charge in [-0.15, -0.1) is 0 Å². The third kappa shape index (κ3) is 99.2. The van der Waals surface area contributed by atoms with E-state index in [1.165, 1.54) is 26.3 Å². The molecule has 210 valence electrons. The van der Waals surface area contributed by atoms with Crippen LogP contribution in [0.2, 0.25) is 18.6 Å². The molecule has 0 aliphatic rings. The van der Waals surface area contributed by atoms with Crippen LogP contribution in [0.1, 0.15) is 33.6 Å². The summed E-state index contributed by atoms with van der Waals surface area (Å²) in [6.07, 6.45) is 3.03. The molecule has 0 saturated carbocycles. The second-order valence-electron chi connectivity index (χ2n) is 5.61. The largest absolute Gasteiger partial charge is 0.427 e. The Morgan fingerprint density at radius 1 is 0.727 bits per heavy atom. The van der Waals surface area contributed by atoms with Crippen molar-refractivity contribution in [3.8, 4) is 0 Å². The Kier molecular flexibility index (Phi) is 89.7. The van der Waals surface area contributed by atoms with Crippen LogP contribution in [0.5, 0.6) is 0 Å². The monoisotopic (exact) mass is 541 g/mol. The highest BCUT2D eigenvalue weighted by atomic mass is 28.3. The lowest BCUT2D eigenvalue weighted by Gasteiger charge is -1.99. The molecule has 14 heteroatoms. The van der Waals surface area contributed by atoms with Crippen molar-refractivity contribution in [1.29, 1.82) is 0 Å². The maximum Gasteiger partial charge on any atom is 0.186 e. The van der Waals surface area contributed by atoms with Crippen LogP contribution in [0.25, 0.3) is 0 Å². The summed E-state index contributed by atoms with van der Waals surface area (Å²) in [5, 5.41) is 7.00. The molecule has 0 aromatic carbocycles. The van der Waals surface area contributed by atoms with Crippen molar-refractivity contribution in [3.05, 3.63) is 0 Å². The molecule has 0 heterocycles. The SMILES string of the molecule is CCOOCC.CCO[SiH2]CCCN.CO.COOC.CO[SiH2]CCCN.CO[SiH](C)CN. The molecule has 1 atom stereocenters. The highest BCUT2D eigenvalue weighted by Gasteiger charge is 1.93. The fourth-order valence-corrected chi connectivity index (χ4v) is 3.11. The third-order valence-electron chi connectivity index (χ3n) is 2.97. The highest BCUT2D eigenvalue weighted by Crippen LogP contribution is 1.84. The zero-order valence-corrected chi connectivity index (χ0v) is 27.1. The Balaban J connectivity index is -0.0000000686. The molecule has 0 spiro atoms. The van der Waals surface area contributed by atoms with E-state index in [0.717, 1.165) is 45.8 Å². The predicted octanol–water partition coefficient (Wildman–Crippen LogP) is -0.381. The van der Waals surface area contributed by atoms with Crippen molar-refractivity contribution < 1.29 is 37.9 Å². The first-order chi connectivity index (χ1) is 16.0. The van der Waals surface area contributed by atoms with Gasteiger partial charge in [-0.2, -0.15) is 0 Å². The van der Waals surface area contributed by atoms with E-state index in [-0.39, 0.29) is 19.5 Å². The summed E-state index contributed by atoms with van der Waals surface area (Å²) in [5.41, 5.74) is 15.7. The van der Waals surface area contributed by atoms with Crippen LogP contribution < -0.4 is 17.2 Å². The zero-order valence-electron chi connectivity index (χ0n) is 23.1. The average molecular weight is 542 g/mol. The number of aliphatic hydroxyl groups is 1. The van der Waals surface area contributed by atoms with Gasteiger partial charge >= 0.3 is 0 Å². The number of nitrogens with two attached hydrogens (primary N) is 3. The molecular formula is C19H59N3O8Si3. The lowest BCUT2D eigenvalue weighted by atomic mass is 10.5. The summed E-state index contributed by atoms with van der Waals surface area (Å²) >= 11 is 0. The van der Waals surface area contributed by atoms with Crippen LogP contribution >= 0.6 is 0 Å². The van der Waals surface area contributed by atoms with Crippen molar-refractivity contribution in [2.75, 3.05) is 74.6 Å². The van der Waals surface area contributed by atoms with Gasteiger partial charge in [0.2, 0.25) is 0 Å². The molecule has 0 aliphatic carbocycles. The molecule has 7 N–H and O–H groups in total. The molecule has 33 heavy (non-hydrogen) atoms. The fourth-order valence-electron chi connectivity index (χ4n) is 1.15. The van der Waals surface area contributed by atoms with E-state index in [1.807, 2.05) is 20.8 Å². The van der Waals surface area contributed by atoms with Crippen LogP contribution in [0.4, 0.5) is 0 Å². The minimum Gasteiger partial charge on any atom is -0.427 e. The molecule has 0 saturated heterocycles. The second kappa shape index (κ2) is 63.6. The summed E-state index contributed by atoms with van der Waals surface area (Å²) in [5.74, 6) is 0. The van der Waals surface area contributed by atoms with Crippen molar-refractivity contribution in [2.24, 2.45) is 17.2 Å². The van der Waals surface area contributed by atoms with Gasteiger partial charge < -0.3 is 35.6 Å². The van der Waals surface area contributed by atoms with Crippen molar-refractivity contribution >= 4 is 28.6 Å². The van der Waals surface area contributed by atoms with Crippen molar-refractivity contribution in [3.63, 3.8) is 0 Å². The molecular weight excluding hydrogens is 482 g/mol. The van der Waals surface area contributed by atoms with Crippen LogP contribution in [0.3, 0.4) is 0 Å². The molecule has 11 nitrogen and oxygen atoms in total. The first-order valence-corrected chi connectivity index (χ1v) is 17.0. The fraction of sp³-hybridized carbons (Fsp3) is 1.00. The molecule has 0 aliphatic heterocycles. The minimum absolute atomic E-state index is 0.169. The van der Waals surface area contributed by atoms with Gasteiger partial charge in [-0.05, 0) is 65.3 Å². The third-order valence-corrected chi connectivity index (χ3v) is 7.12. The van der Waals surface area contributed by atoms with Crippen molar-refractivity contribution in [1.82, 2.24) is 0 Å². The van der Waals surface area contributed by atoms with Gasteiger partial charge in [0.05, 0.1) is 27.4 Å². The lowest BCUT2D eigenvalue weighted by Crippen LogP contribution is -2.23. The second-order valence-corrected chi connectivity index (χ2v) is 11.4. The number of aliphatic hydroxyl groups excluding tert-OH is 1.